The van der Waals surface area contributed by atoms with Gasteiger partial charge in [0, 0.05) is 0 Å². The van der Waals surface area contributed by atoms with Crippen LogP contribution >= 0.6 is 0 Å². The van der Waals surface area contributed by atoms with Gasteiger partial charge in [0.25, 0.3) is 10.1 Å². The lowest BCUT2D eigenvalue weighted by atomic mass is 9.99. The molecule has 4 heteroatoms. The molecule has 0 heterocycles. The van der Waals surface area contributed by atoms with Gasteiger partial charge >= 0.3 is 0 Å². The van der Waals surface area contributed by atoms with Crippen molar-refractivity contribution in [2.75, 3.05) is 6.61 Å². The van der Waals surface area contributed by atoms with E-state index in [0.717, 1.165) is 11.1 Å². The van der Waals surface area contributed by atoms with Gasteiger partial charge in [-0.25, -0.2) is 0 Å². The van der Waals surface area contributed by atoms with Gasteiger partial charge in [0.1, 0.15) is 0 Å². The molecule has 0 radical (unpaired) electrons. The third-order valence-electron chi connectivity index (χ3n) is 2.90. The fourth-order valence-corrected chi connectivity index (χ4v) is 2.88. The van der Waals surface area contributed by atoms with Crippen LogP contribution in [0.4, 0.5) is 0 Å². The number of hydrogen-bond donors (Lipinski definition) is 0. The summed E-state index contributed by atoms with van der Waals surface area (Å²) in [6, 6.07) is 16.6. The molecule has 2 aromatic rings. The van der Waals surface area contributed by atoms with Gasteiger partial charge in [-0.1, -0.05) is 63.2 Å². The smallest absolute Gasteiger partial charge is 0.266 e. The predicted octanol–water partition coefficient (Wildman–Crippen LogP) is 4.11. The fourth-order valence-electron chi connectivity index (χ4n) is 1.77. The minimum Gasteiger partial charge on any atom is -0.266 e. The quantitative estimate of drug-likeness (QED) is 0.799. The highest BCUT2D eigenvalue weighted by Gasteiger charge is 2.20. The molecule has 3 nitrogen and oxygen atoms in total. The fraction of sp³-hybridized carbons (Fsp3) is 0.294. The summed E-state index contributed by atoms with van der Waals surface area (Å²) in [6.45, 7) is 5.96. The Balaban J connectivity index is 2.19. The van der Waals surface area contributed by atoms with Gasteiger partial charge in [0.15, 0.2) is 0 Å². The van der Waals surface area contributed by atoms with E-state index in [1.54, 1.807) is 24.3 Å². The summed E-state index contributed by atoms with van der Waals surface area (Å²) >= 11 is 0. The summed E-state index contributed by atoms with van der Waals surface area (Å²) < 4.78 is 29.3. The topological polar surface area (TPSA) is 43.4 Å². The zero-order chi connectivity index (χ0) is 15.5. The Hall–Kier alpha value is -1.65. The van der Waals surface area contributed by atoms with Gasteiger partial charge in [-0.2, -0.15) is 8.42 Å². The predicted molar refractivity (Wildman–Crippen MR) is 84.5 cm³/mol. The molecule has 0 bridgehead atoms. The Kier molecular flexibility index (Phi) is 4.49. The number of hydrogen-bond acceptors (Lipinski definition) is 3. The van der Waals surface area contributed by atoms with Crippen LogP contribution in [0.15, 0.2) is 59.5 Å². The lowest BCUT2D eigenvalue weighted by Gasteiger charge is -2.17. The van der Waals surface area contributed by atoms with Gasteiger partial charge in [-0.3, -0.25) is 4.18 Å². The van der Waals surface area contributed by atoms with E-state index in [-0.39, 0.29) is 16.9 Å². The maximum Gasteiger partial charge on any atom is 0.296 e. The monoisotopic (exact) mass is 304 g/mol. The van der Waals surface area contributed by atoms with Crippen LogP contribution in [0, 0.1) is 5.41 Å². The van der Waals surface area contributed by atoms with Crippen molar-refractivity contribution in [1.29, 1.82) is 0 Å². The second-order valence-corrected chi connectivity index (χ2v) is 7.78. The standard InChI is InChI=1S/C17H20O3S/c1-17(2,3)13-20-21(18,19)16-11-9-15(10-12-16)14-7-5-4-6-8-14/h4-12H,13H2,1-3H3. The molecule has 0 saturated carbocycles. The maximum atomic E-state index is 12.1. The molecule has 0 amide bonds. The third kappa shape index (κ3) is 4.41. The van der Waals surface area contributed by atoms with Crippen LogP contribution in [0.1, 0.15) is 20.8 Å². The Bertz CT molecular complexity index is 681. The van der Waals surface area contributed by atoms with Gasteiger partial charge in [-0.05, 0) is 28.7 Å². The summed E-state index contributed by atoms with van der Waals surface area (Å²) in [5.41, 5.74) is 1.83. The molecule has 0 aliphatic carbocycles. The highest BCUT2D eigenvalue weighted by molar-refractivity contribution is 7.86. The summed E-state index contributed by atoms with van der Waals surface area (Å²) in [7, 11) is -3.69. The average molecular weight is 304 g/mol. The highest BCUT2D eigenvalue weighted by atomic mass is 32.2. The molecule has 0 aliphatic heterocycles. The Morgan fingerprint density at radius 3 is 1.90 bits per heavy atom. The van der Waals surface area contributed by atoms with Crippen molar-refractivity contribution < 1.29 is 12.6 Å². The van der Waals surface area contributed by atoms with Crippen molar-refractivity contribution in [1.82, 2.24) is 0 Å². The van der Waals surface area contributed by atoms with Crippen LogP contribution in [0.25, 0.3) is 11.1 Å². The van der Waals surface area contributed by atoms with Crippen LogP contribution in [0.3, 0.4) is 0 Å². The normalized spacial score (nSPS) is 12.3. The van der Waals surface area contributed by atoms with E-state index in [1.165, 1.54) is 0 Å². The molecule has 2 rings (SSSR count). The van der Waals surface area contributed by atoms with E-state index < -0.39 is 10.1 Å². The molecule has 21 heavy (non-hydrogen) atoms. The molecule has 2 aromatic carbocycles. The number of benzene rings is 2. The maximum absolute atomic E-state index is 12.1. The second kappa shape index (κ2) is 6.00. The van der Waals surface area contributed by atoms with Gasteiger partial charge < -0.3 is 0 Å². The summed E-state index contributed by atoms with van der Waals surface area (Å²) in [5.74, 6) is 0. The van der Waals surface area contributed by atoms with Crippen LogP contribution in [0.5, 0.6) is 0 Å². The molecule has 0 saturated heterocycles. The van der Waals surface area contributed by atoms with Gasteiger partial charge in [0.05, 0.1) is 11.5 Å². The van der Waals surface area contributed by atoms with Crippen molar-refractivity contribution in [3.8, 4) is 11.1 Å². The minimum absolute atomic E-state index is 0.162. The van der Waals surface area contributed by atoms with Crippen molar-refractivity contribution in [3.63, 3.8) is 0 Å². The first-order valence-electron chi connectivity index (χ1n) is 6.83. The first-order valence-corrected chi connectivity index (χ1v) is 8.24. The van der Waals surface area contributed by atoms with Crippen LogP contribution < -0.4 is 0 Å². The van der Waals surface area contributed by atoms with Gasteiger partial charge in [-0.15, -0.1) is 0 Å². The lowest BCUT2D eigenvalue weighted by molar-refractivity contribution is 0.203. The van der Waals surface area contributed by atoms with Crippen molar-refractivity contribution in [2.45, 2.75) is 25.7 Å². The zero-order valence-electron chi connectivity index (χ0n) is 12.5. The zero-order valence-corrected chi connectivity index (χ0v) is 13.4. The molecule has 112 valence electrons. The molecule has 0 atom stereocenters. The van der Waals surface area contributed by atoms with E-state index >= 15 is 0 Å². The van der Waals surface area contributed by atoms with E-state index in [0.29, 0.717) is 0 Å². The molecule has 0 N–H and O–H groups in total. The first-order chi connectivity index (χ1) is 9.78. The largest absolute Gasteiger partial charge is 0.296 e. The van der Waals surface area contributed by atoms with E-state index in [2.05, 4.69) is 0 Å². The Morgan fingerprint density at radius 2 is 1.38 bits per heavy atom. The summed E-state index contributed by atoms with van der Waals surface area (Å²) in [6.07, 6.45) is 0. The van der Waals surface area contributed by atoms with E-state index in [4.69, 9.17) is 4.18 Å². The average Bonchev–Trinajstić information content (AvgIpc) is 2.46. The molecule has 0 aromatic heterocycles. The van der Waals surface area contributed by atoms with Crippen molar-refractivity contribution >= 4 is 10.1 Å². The van der Waals surface area contributed by atoms with Crippen molar-refractivity contribution in [3.05, 3.63) is 54.6 Å². The van der Waals surface area contributed by atoms with Crippen LogP contribution in [-0.4, -0.2) is 15.0 Å². The SMILES string of the molecule is CC(C)(C)COS(=O)(=O)c1ccc(-c2ccccc2)cc1. The molecule has 0 aliphatic rings. The Morgan fingerprint density at radius 1 is 0.857 bits per heavy atom. The van der Waals surface area contributed by atoms with Gasteiger partial charge in [0.2, 0.25) is 0 Å². The minimum atomic E-state index is -3.69. The molecular formula is C17H20O3S. The van der Waals surface area contributed by atoms with Crippen molar-refractivity contribution in [2.24, 2.45) is 5.41 Å². The summed E-state index contributed by atoms with van der Waals surface area (Å²) in [4.78, 5) is 0.187. The molecular weight excluding hydrogens is 284 g/mol. The highest BCUT2D eigenvalue weighted by Crippen LogP contribution is 2.23. The molecule has 0 spiro atoms. The van der Waals surface area contributed by atoms with Crippen LogP contribution in [-0.2, 0) is 14.3 Å². The van der Waals surface area contributed by atoms with E-state index in [1.807, 2.05) is 51.1 Å². The lowest BCUT2D eigenvalue weighted by Crippen LogP contribution is -2.18. The first kappa shape index (κ1) is 15.7. The Labute approximate surface area is 126 Å². The van der Waals surface area contributed by atoms with Crippen LogP contribution in [0.2, 0.25) is 0 Å². The summed E-state index contributed by atoms with van der Waals surface area (Å²) in [5, 5.41) is 0. The van der Waals surface area contributed by atoms with E-state index in [9.17, 15) is 8.42 Å². The molecule has 0 unspecified atom stereocenters. The number of rotatable bonds is 4. The third-order valence-corrected chi connectivity index (χ3v) is 4.17. The molecule has 0 fully saturated rings. The second-order valence-electron chi connectivity index (χ2n) is 6.17.